The van der Waals surface area contributed by atoms with Crippen molar-refractivity contribution >= 4 is 23.4 Å². The second-order valence-corrected chi connectivity index (χ2v) is 12.2. The summed E-state index contributed by atoms with van der Waals surface area (Å²) in [6.45, 7) is 11.2. The molecule has 0 bridgehead atoms. The molecule has 234 valence electrons. The third kappa shape index (κ3) is 7.12. The number of allylic oxidation sites excluding steroid dienone is 1. The third-order valence-electron chi connectivity index (χ3n) is 7.61. The molecule has 0 amide bonds. The molecule has 1 aliphatic heterocycles. The second kappa shape index (κ2) is 14.6. The minimum Gasteiger partial charge on any atom is -0.490 e. The van der Waals surface area contributed by atoms with Crippen LogP contribution in [0.3, 0.4) is 0 Å². The number of hydrogen-bond acceptors (Lipinski definition) is 7. The summed E-state index contributed by atoms with van der Waals surface area (Å²) in [5, 5.41) is 0. The van der Waals surface area contributed by atoms with Crippen molar-refractivity contribution in [1.82, 2.24) is 4.57 Å². The largest absolute Gasteiger partial charge is 0.490 e. The van der Waals surface area contributed by atoms with Gasteiger partial charge in [-0.3, -0.25) is 9.36 Å². The van der Waals surface area contributed by atoms with Crippen molar-refractivity contribution in [1.29, 1.82) is 0 Å². The van der Waals surface area contributed by atoms with Gasteiger partial charge in [-0.1, -0.05) is 99.2 Å². The van der Waals surface area contributed by atoms with E-state index in [9.17, 15) is 9.59 Å². The Morgan fingerprint density at radius 3 is 2.38 bits per heavy atom. The molecule has 0 unspecified atom stereocenters. The quantitative estimate of drug-likeness (QED) is 0.164. The molecule has 2 heterocycles. The van der Waals surface area contributed by atoms with E-state index in [0.717, 1.165) is 23.1 Å². The maximum atomic E-state index is 14.2. The lowest BCUT2D eigenvalue weighted by atomic mass is 9.92. The summed E-state index contributed by atoms with van der Waals surface area (Å²) in [6, 6.07) is 23.1. The van der Waals surface area contributed by atoms with Crippen LogP contribution in [0.5, 0.6) is 11.5 Å². The minimum atomic E-state index is -0.641. The van der Waals surface area contributed by atoms with Crippen molar-refractivity contribution in [3.63, 3.8) is 0 Å². The van der Waals surface area contributed by atoms with Gasteiger partial charge in [-0.15, -0.1) is 0 Å². The molecule has 0 N–H and O–H groups in total. The molecule has 8 heteroatoms. The highest BCUT2D eigenvalue weighted by atomic mass is 32.1. The van der Waals surface area contributed by atoms with Gasteiger partial charge in [0.2, 0.25) is 0 Å². The van der Waals surface area contributed by atoms with E-state index in [1.165, 1.54) is 16.9 Å². The molecular formula is C37H40N2O5S. The third-order valence-corrected chi connectivity index (χ3v) is 8.60. The highest BCUT2D eigenvalue weighted by Crippen LogP contribution is 2.33. The number of thiazole rings is 1. The molecule has 1 aromatic heterocycles. The van der Waals surface area contributed by atoms with Crippen molar-refractivity contribution in [3.8, 4) is 11.5 Å². The zero-order valence-electron chi connectivity index (χ0n) is 26.5. The zero-order chi connectivity index (χ0) is 31.9. The normalized spacial score (nSPS) is 14.7. The first kappa shape index (κ1) is 32.0. The molecular weight excluding hydrogens is 584 g/mol. The molecule has 5 rings (SSSR count). The van der Waals surface area contributed by atoms with Crippen LogP contribution in [0.2, 0.25) is 0 Å². The maximum Gasteiger partial charge on any atom is 0.338 e. The number of benzene rings is 3. The first-order valence-corrected chi connectivity index (χ1v) is 16.4. The second-order valence-electron chi connectivity index (χ2n) is 11.1. The van der Waals surface area contributed by atoms with E-state index in [2.05, 4.69) is 32.9 Å². The molecule has 4 aromatic rings. The van der Waals surface area contributed by atoms with E-state index in [1.54, 1.807) is 11.5 Å². The van der Waals surface area contributed by atoms with E-state index < -0.39 is 12.0 Å². The molecule has 0 radical (unpaired) electrons. The fraction of sp³-hybridized carbons (Fsp3) is 0.324. The van der Waals surface area contributed by atoms with Crippen molar-refractivity contribution in [2.75, 3.05) is 13.2 Å². The molecule has 0 aliphatic carbocycles. The predicted molar refractivity (Wildman–Crippen MR) is 179 cm³/mol. The summed E-state index contributed by atoms with van der Waals surface area (Å²) >= 11 is 1.32. The van der Waals surface area contributed by atoms with Gasteiger partial charge >= 0.3 is 5.97 Å². The van der Waals surface area contributed by atoms with Gasteiger partial charge in [0, 0.05) is 0 Å². The van der Waals surface area contributed by atoms with Gasteiger partial charge < -0.3 is 14.2 Å². The SMILES string of the molecule is CCCC1=C(C(=O)OCC)[C@H](c2ccc(C(C)C)cc2)n2c(s/c(=C\c3ccc(OCc4ccccc4)c(OCC)c3)c2=O)=N1. The van der Waals surface area contributed by atoms with Gasteiger partial charge in [0.1, 0.15) is 6.61 Å². The van der Waals surface area contributed by atoms with Crippen LogP contribution in [0.1, 0.15) is 81.7 Å². The fourth-order valence-electron chi connectivity index (χ4n) is 5.39. The van der Waals surface area contributed by atoms with Gasteiger partial charge in [-0.05, 0) is 66.6 Å². The Labute approximate surface area is 268 Å². The van der Waals surface area contributed by atoms with Crippen LogP contribution in [0.25, 0.3) is 6.08 Å². The lowest BCUT2D eigenvalue weighted by Crippen LogP contribution is -2.40. The van der Waals surface area contributed by atoms with E-state index in [-0.39, 0.29) is 12.2 Å². The van der Waals surface area contributed by atoms with E-state index in [4.69, 9.17) is 19.2 Å². The molecule has 1 atom stereocenters. The number of carbonyl (C=O) groups excluding carboxylic acids is 1. The van der Waals surface area contributed by atoms with Crippen LogP contribution < -0.4 is 24.4 Å². The Kier molecular flexibility index (Phi) is 10.4. The highest BCUT2D eigenvalue weighted by molar-refractivity contribution is 7.07. The molecule has 0 saturated carbocycles. The number of hydrogen-bond donors (Lipinski definition) is 0. The van der Waals surface area contributed by atoms with Crippen LogP contribution in [0.4, 0.5) is 0 Å². The first-order valence-electron chi connectivity index (χ1n) is 15.6. The minimum absolute atomic E-state index is 0.212. The number of rotatable bonds is 12. The van der Waals surface area contributed by atoms with Gasteiger partial charge in [-0.2, -0.15) is 0 Å². The molecule has 45 heavy (non-hydrogen) atoms. The summed E-state index contributed by atoms with van der Waals surface area (Å²) < 4.78 is 19.7. The summed E-state index contributed by atoms with van der Waals surface area (Å²) in [7, 11) is 0. The number of aromatic nitrogens is 1. The fourth-order valence-corrected chi connectivity index (χ4v) is 6.41. The number of ether oxygens (including phenoxy) is 3. The Balaban J connectivity index is 1.60. The standard InChI is InChI=1S/C37H40N2O5S/c1-6-12-29-33(36(41)43-8-3)34(28-18-16-27(17-19-28)24(4)5)39-35(40)32(45-37(39)38-29)22-26-15-20-30(31(21-26)42-7-2)44-23-25-13-10-9-11-14-25/h9-11,13-22,24,34H,6-8,12,23H2,1-5H3/b32-22-/t34-/m0/s1. The lowest BCUT2D eigenvalue weighted by Gasteiger charge is -2.26. The number of fused-ring (bicyclic) bond motifs is 1. The van der Waals surface area contributed by atoms with Crippen LogP contribution in [-0.2, 0) is 16.1 Å². The number of nitrogens with zero attached hydrogens (tertiary/aromatic N) is 2. The Bertz CT molecular complexity index is 1850. The summed E-state index contributed by atoms with van der Waals surface area (Å²) in [5.41, 5.74) is 4.76. The van der Waals surface area contributed by atoms with Gasteiger partial charge in [0.05, 0.1) is 35.1 Å². The van der Waals surface area contributed by atoms with Crippen LogP contribution >= 0.6 is 11.3 Å². The van der Waals surface area contributed by atoms with Crippen LogP contribution in [0.15, 0.2) is 93.9 Å². The Morgan fingerprint density at radius 2 is 1.71 bits per heavy atom. The molecule has 0 fully saturated rings. The van der Waals surface area contributed by atoms with Gasteiger partial charge in [0.15, 0.2) is 16.3 Å². The van der Waals surface area contributed by atoms with E-state index in [1.807, 2.05) is 73.7 Å². The number of esters is 1. The molecule has 1 aliphatic rings. The van der Waals surface area contributed by atoms with Crippen molar-refractivity contribution in [3.05, 3.63) is 126 Å². The summed E-state index contributed by atoms with van der Waals surface area (Å²) in [4.78, 5) is 33.0. The molecule has 3 aromatic carbocycles. The lowest BCUT2D eigenvalue weighted by molar-refractivity contribution is -0.139. The van der Waals surface area contributed by atoms with Crippen LogP contribution in [0, 0.1) is 0 Å². The monoisotopic (exact) mass is 624 g/mol. The van der Waals surface area contributed by atoms with Gasteiger partial charge in [-0.25, -0.2) is 9.79 Å². The van der Waals surface area contributed by atoms with Crippen molar-refractivity contribution in [2.45, 2.75) is 66.0 Å². The molecule has 7 nitrogen and oxygen atoms in total. The summed E-state index contributed by atoms with van der Waals surface area (Å²) in [6.07, 6.45) is 3.25. The van der Waals surface area contributed by atoms with E-state index in [0.29, 0.717) is 57.7 Å². The maximum absolute atomic E-state index is 14.2. The topological polar surface area (TPSA) is 79.1 Å². The number of carbonyl (C=O) groups is 1. The van der Waals surface area contributed by atoms with Crippen molar-refractivity contribution < 1.29 is 19.0 Å². The average Bonchev–Trinajstić information content (AvgIpc) is 3.34. The molecule has 0 saturated heterocycles. The zero-order valence-corrected chi connectivity index (χ0v) is 27.4. The average molecular weight is 625 g/mol. The Hall–Kier alpha value is -4.43. The highest BCUT2D eigenvalue weighted by Gasteiger charge is 2.34. The van der Waals surface area contributed by atoms with Crippen molar-refractivity contribution in [2.24, 2.45) is 4.99 Å². The summed E-state index contributed by atoms with van der Waals surface area (Å²) in [5.74, 6) is 1.15. The van der Waals surface area contributed by atoms with E-state index >= 15 is 0 Å². The predicted octanol–water partition coefficient (Wildman–Crippen LogP) is 6.68. The van der Waals surface area contributed by atoms with Crippen LogP contribution in [-0.4, -0.2) is 23.8 Å². The van der Waals surface area contributed by atoms with Gasteiger partial charge in [0.25, 0.3) is 5.56 Å². The smallest absolute Gasteiger partial charge is 0.338 e. The molecule has 0 spiro atoms. The first-order chi connectivity index (χ1) is 21.8. The Morgan fingerprint density at radius 1 is 0.956 bits per heavy atom.